The molecule has 21 heavy (non-hydrogen) atoms. The van der Waals surface area contributed by atoms with E-state index in [2.05, 4.69) is 47.2 Å². The number of nitrogens with one attached hydrogen (secondary N) is 1. The number of benzene rings is 2. The molecule has 0 bridgehead atoms. The van der Waals surface area contributed by atoms with Crippen LogP contribution in [0.5, 0.6) is 0 Å². The van der Waals surface area contributed by atoms with E-state index in [-0.39, 0.29) is 16.9 Å². The fourth-order valence-corrected chi connectivity index (χ4v) is 2.79. The van der Waals surface area contributed by atoms with Gasteiger partial charge in [0.1, 0.15) is 5.82 Å². The highest BCUT2D eigenvalue weighted by Crippen LogP contribution is 2.21. The molecule has 2 aromatic carbocycles. The molecule has 0 heterocycles. The summed E-state index contributed by atoms with van der Waals surface area (Å²) < 4.78 is 14.3. The van der Waals surface area contributed by atoms with E-state index >= 15 is 0 Å². The van der Waals surface area contributed by atoms with Gasteiger partial charge in [-0.2, -0.15) is 0 Å². The van der Waals surface area contributed by atoms with Gasteiger partial charge in [-0.1, -0.05) is 45.7 Å². The molecule has 0 aliphatic rings. The van der Waals surface area contributed by atoms with Crippen LogP contribution in [-0.2, 0) is 6.42 Å². The van der Waals surface area contributed by atoms with Gasteiger partial charge in [0.15, 0.2) is 0 Å². The van der Waals surface area contributed by atoms with E-state index in [1.54, 1.807) is 12.1 Å². The zero-order valence-electron chi connectivity index (χ0n) is 12.0. The summed E-state index contributed by atoms with van der Waals surface area (Å²) in [5, 5.41) is 3.68. The lowest BCUT2D eigenvalue weighted by atomic mass is 10.0. The van der Waals surface area contributed by atoms with Gasteiger partial charge in [-0.15, -0.1) is 0 Å². The quantitative estimate of drug-likeness (QED) is 0.730. The summed E-state index contributed by atoms with van der Waals surface area (Å²) in [6, 6.07) is 13.6. The molecule has 1 N–H and O–H groups in total. The summed E-state index contributed by atoms with van der Waals surface area (Å²) in [7, 11) is 0. The summed E-state index contributed by atoms with van der Waals surface area (Å²) in [6.45, 7) is 4.20. The van der Waals surface area contributed by atoms with Gasteiger partial charge >= 0.3 is 0 Å². The minimum Gasteiger partial charge on any atom is -0.307 e. The van der Waals surface area contributed by atoms with Gasteiger partial charge in [-0.25, -0.2) is 4.39 Å². The van der Waals surface area contributed by atoms with Gasteiger partial charge < -0.3 is 5.32 Å². The predicted molar refractivity (Wildman–Crippen MR) is 90.3 cm³/mol. The molecule has 0 saturated heterocycles. The zero-order valence-corrected chi connectivity index (χ0v) is 14.4. The van der Waals surface area contributed by atoms with Gasteiger partial charge in [-0.3, -0.25) is 0 Å². The molecule has 0 saturated carbocycles. The number of halogens is 3. The van der Waals surface area contributed by atoms with Crippen LogP contribution in [0.15, 0.2) is 46.9 Å². The Hall–Kier alpha value is -0.900. The van der Waals surface area contributed by atoms with Crippen LogP contribution in [-0.4, -0.2) is 6.04 Å². The summed E-state index contributed by atoms with van der Waals surface area (Å²) in [6.07, 6.45) is 0.937. The molecule has 0 aliphatic heterocycles. The largest absolute Gasteiger partial charge is 0.307 e. The third kappa shape index (κ3) is 4.80. The molecular formula is C17H18BrClFN. The lowest BCUT2D eigenvalue weighted by Gasteiger charge is -2.21. The monoisotopic (exact) mass is 369 g/mol. The topological polar surface area (TPSA) is 12.0 Å². The number of rotatable bonds is 5. The Morgan fingerprint density at radius 2 is 1.81 bits per heavy atom. The average molecular weight is 371 g/mol. The highest BCUT2D eigenvalue weighted by Gasteiger charge is 2.11. The van der Waals surface area contributed by atoms with E-state index in [1.165, 1.54) is 11.6 Å². The van der Waals surface area contributed by atoms with Gasteiger partial charge in [0.2, 0.25) is 0 Å². The SMILES string of the molecule is CC(Cc1ccc(Br)cc1)NC(C)c1ccc(F)c(Cl)c1. The third-order valence-electron chi connectivity index (χ3n) is 3.43. The van der Waals surface area contributed by atoms with Crippen LogP contribution in [0.4, 0.5) is 4.39 Å². The number of hydrogen-bond acceptors (Lipinski definition) is 1. The van der Waals surface area contributed by atoms with Crippen molar-refractivity contribution in [3.05, 3.63) is 68.9 Å². The Labute approximate surface area is 138 Å². The van der Waals surface area contributed by atoms with Gasteiger partial charge in [-0.05, 0) is 55.7 Å². The van der Waals surface area contributed by atoms with Crippen molar-refractivity contribution in [2.75, 3.05) is 0 Å². The Morgan fingerprint density at radius 3 is 2.43 bits per heavy atom. The van der Waals surface area contributed by atoms with Crippen LogP contribution in [0.25, 0.3) is 0 Å². The second kappa shape index (κ2) is 7.39. The van der Waals surface area contributed by atoms with Crippen molar-refractivity contribution in [1.82, 2.24) is 5.32 Å². The first kappa shape index (κ1) is 16.5. The molecule has 0 aliphatic carbocycles. The third-order valence-corrected chi connectivity index (χ3v) is 4.25. The Kier molecular flexibility index (Phi) is 5.80. The van der Waals surface area contributed by atoms with Crippen molar-refractivity contribution in [2.45, 2.75) is 32.4 Å². The summed E-state index contributed by atoms with van der Waals surface area (Å²) in [5.74, 6) is -0.379. The Morgan fingerprint density at radius 1 is 1.14 bits per heavy atom. The van der Waals surface area contributed by atoms with Crippen LogP contribution in [0, 0.1) is 5.82 Å². The maximum absolute atomic E-state index is 13.2. The Bertz CT molecular complexity index is 600. The predicted octanol–water partition coefficient (Wildman–Crippen LogP) is 5.52. The second-order valence-electron chi connectivity index (χ2n) is 5.29. The van der Waals surface area contributed by atoms with Crippen molar-refractivity contribution < 1.29 is 4.39 Å². The standard InChI is InChI=1S/C17H18BrClFN/c1-11(9-13-3-6-15(18)7-4-13)21-12(2)14-5-8-17(20)16(19)10-14/h3-8,10-12,21H,9H2,1-2H3. The minimum atomic E-state index is -0.379. The molecule has 2 aromatic rings. The molecule has 0 amide bonds. The van der Waals surface area contributed by atoms with Gasteiger partial charge in [0, 0.05) is 16.6 Å². The van der Waals surface area contributed by atoms with Crippen molar-refractivity contribution in [3.8, 4) is 0 Å². The highest BCUT2D eigenvalue weighted by atomic mass is 79.9. The normalized spacial score (nSPS) is 14.0. The maximum atomic E-state index is 13.2. The molecular weight excluding hydrogens is 353 g/mol. The molecule has 0 fully saturated rings. The lowest BCUT2D eigenvalue weighted by Crippen LogP contribution is -2.30. The summed E-state index contributed by atoms with van der Waals surface area (Å²) >= 11 is 9.27. The van der Waals surface area contributed by atoms with Crippen LogP contribution in [0.2, 0.25) is 5.02 Å². The second-order valence-corrected chi connectivity index (χ2v) is 6.62. The first-order chi connectivity index (χ1) is 9.95. The highest BCUT2D eigenvalue weighted by molar-refractivity contribution is 9.10. The molecule has 4 heteroatoms. The van der Waals surface area contributed by atoms with Crippen molar-refractivity contribution in [3.63, 3.8) is 0 Å². The fourth-order valence-electron chi connectivity index (χ4n) is 2.34. The van der Waals surface area contributed by atoms with Crippen molar-refractivity contribution in [1.29, 1.82) is 0 Å². The first-order valence-corrected chi connectivity index (χ1v) is 8.08. The molecule has 2 unspecified atom stereocenters. The average Bonchev–Trinajstić information content (AvgIpc) is 2.44. The van der Waals surface area contributed by atoms with E-state index in [4.69, 9.17) is 11.6 Å². The van der Waals surface area contributed by atoms with E-state index in [1.807, 2.05) is 12.1 Å². The number of hydrogen-bond donors (Lipinski definition) is 1. The van der Waals surface area contributed by atoms with Crippen molar-refractivity contribution >= 4 is 27.5 Å². The molecule has 0 spiro atoms. The van der Waals surface area contributed by atoms with Gasteiger partial charge in [0.05, 0.1) is 5.02 Å². The smallest absolute Gasteiger partial charge is 0.141 e. The van der Waals surface area contributed by atoms with Gasteiger partial charge in [0.25, 0.3) is 0 Å². The van der Waals surface area contributed by atoms with E-state index in [0.717, 1.165) is 16.5 Å². The molecule has 2 atom stereocenters. The summed E-state index contributed by atoms with van der Waals surface area (Å²) in [5.41, 5.74) is 2.27. The van der Waals surface area contributed by atoms with Crippen LogP contribution in [0.1, 0.15) is 31.0 Å². The first-order valence-electron chi connectivity index (χ1n) is 6.91. The van der Waals surface area contributed by atoms with E-state index < -0.39 is 0 Å². The fraction of sp³-hybridized carbons (Fsp3) is 0.294. The minimum absolute atomic E-state index is 0.119. The van der Waals surface area contributed by atoms with Crippen LogP contribution in [0.3, 0.4) is 0 Å². The van der Waals surface area contributed by atoms with E-state index in [0.29, 0.717) is 6.04 Å². The summed E-state index contributed by atoms with van der Waals surface area (Å²) in [4.78, 5) is 0. The zero-order chi connectivity index (χ0) is 15.4. The van der Waals surface area contributed by atoms with Crippen LogP contribution >= 0.6 is 27.5 Å². The lowest BCUT2D eigenvalue weighted by molar-refractivity contribution is 0.476. The molecule has 1 nitrogen and oxygen atoms in total. The molecule has 0 aromatic heterocycles. The maximum Gasteiger partial charge on any atom is 0.141 e. The molecule has 0 radical (unpaired) electrons. The Balaban J connectivity index is 1.96. The molecule has 112 valence electrons. The van der Waals surface area contributed by atoms with E-state index in [9.17, 15) is 4.39 Å². The van der Waals surface area contributed by atoms with Crippen molar-refractivity contribution in [2.24, 2.45) is 0 Å². The molecule has 2 rings (SSSR count). The van der Waals surface area contributed by atoms with Crippen LogP contribution < -0.4 is 5.32 Å².